The molecule has 9 heteroatoms. The molecule has 0 aliphatic heterocycles. The maximum absolute atomic E-state index is 12.4. The molecule has 1 aromatic heterocycles. The first kappa shape index (κ1) is 23.4. The highest BCUT2D eigenvalue weighted by molar-refractivity contribution is 5.97. The van der Waals surface area contributed by atoms with E-state index in [4.69, 9.17) is 23.7 Å². The second-order valence-electron chi connectivity index (χ2n) is 6.90. The van der Waals surface area contributed by atoms with Crippen LogP contribution in [-0.2, 0) is 6.61 Å². The van der Waals surface area contributed by atoms with Gasteiger partial charge in [0.2, 0.25) is 5.76 Å². The van der Waals surface area contributed by atoms with Crippen LogP contribution in [0.1, 0.15) is 44.7 Å². The summed E-state index contributed by atoms with van der Waals surface area (Å²) in [5.41, 5.74) is 4.51. The first-order valence-corrected chi connectivity index (χ1v) is 10.1. The van der Waals surface area contributed by atoms with Crippen molar-refractivity contribution >= 4 is 18.1 Å². The lowest BCUT2D eigenvalue weighted by atomic mass is 10.1. The monoisotopic (exact) mass is 452 g/mol. The topological polar surface area (TPSA) is 120 Å². The molecule has 1 heterocycles. The van der Waals surface area contributed by atoms with Crippen molar-refractivity contribution in [1.82, 2.24) is 5.43 Å². The number of benzene rings is 2. The van der Waals surface area contributed by atoms with E-state index in [0.29, 0.717) is 40.7 Å². The number of aromatic carboxylic acids is 1. The van der Waals surface area contributed by atoms with Crippen LogP contribution in [0.5, 0.6) is 17.2 Å². The molecule has 0 aliphatic rings. The molecule has 3 aromatic rings. The maximum Gasteiger partial charge on any atom is 0.371 e. The highest BCUT2D eigenvalue weighted by Crippen LogP contribution is 2.29. The highest BCUT2D eigenvalue weighted by Gasteiger charge is 2.13. The highest BCUT2D eigenvalue weighted by atomic mass is 16.5. The number of carbonyl (C=O) groups is 2. The van der Waals surface area contributed by atoms with Crippen LogP contribution in [0.25, 0.3) is 0 Å². The van der Waals surface area contributed by atoms with Gasteiger partial charge in [-0.25, -0.2) is 10.2 Å². The van der Waals surface area contributed by atoms with Gasteiger partial charge in [0.15, 0.2) is 11.5 Å². The molecule has 0 spiro atoms. The third-order valence-corrected chi connectivity index (χ3v) is 4.49. The van der Waals surface area contributed by atoms with Gasteiger partial charge in [0, 0.05) is 0 Å². The summed E-state index contributed by atoms with van der Waals surface area (Å²) in [5.74, 6) is 0.0638. The van der Waals surface area contributed by atoms with Crippen molar-refractivity contribution in [3.05, 3.63) is 76.7 Å². The van der Waals surface area contributed by atoms with E-state index in [1.54, 1.807) is 30.3 Å². The summed E-state index contributed by atoms with van der Waals surface area (Å²) in [6.07, 6.45) is 1.48. The van der Waals surface area contributed by atoms with Gasteiger partial charge in [-0.05, 0) is 67.4 Å². The van der Waals surface area contributed by atoms with Crippen LogP contribution in [0.4, 0.5) is 0 Å². The lowest BCUT2D eigenvalue weighted by molar-refractivity contribution is 0.0657. The maximum atomic E-state index is 12.4. The summed E-state index contributed by atoms with van der Waals surface area (Å²) in [7, 11) is 1.50. The Morgan fingerprint density at radius 2 is 1.88 bits per heavy atom. The van der Waals surface area contributed by atoms with Crippen LogP contribution in [0.15, 0.2) is 58.0 Å². The molecule has 0 aliphatic carbocycles. The molecular weight excluding hydrogens is 428 g/mol. The number of nitrogens with one attached hydrogen (secondary N) is 1. The Balaban J connectivity index is 1.67. The number of hydrazone groups is 1. The smallest absolute Gasteiger partial charge is 0.371 e. The lowest BCUT2D eigenvalue weighted by Crippen LogP contribution is -2.18. The summed E-state index contributed by atoms with van der Waals surface area (Å²) in [6, 6.07) is 13.3. The number of hydrogen-bond donors (Lipinski definition) is 2. The predicted octanol–water partition coefficient (Wildman–Crippen LogP) is 4.04. The van der Waals surface area contributed by atoms with Gasteiger partial charge in [0.25, 0.3) is 5.91 Å². The fraction of sp³-hybridized carbons (Fsp3) is 0.208. The van der Waals surface area contributed by atoms with Crippen LogP contribution in [-0.4, -0.2) is 36.9 Å². The quantitative estimate of drug-likeness (QED) is 0.352. The van der Waals surface area contributed by atoms with E-state index >= 15 is 0 Å². The Kier molecular flexibility index (Phi) is 7.69. The molecule has 2 aromatic carbocycles. The zero-order chi connectivity index (χ0) is 23.8. The summed E-state index contributed by atoms with van der Waals surface area (Å²) in [6.45, 7) is 4.19. The van der Waals surface area contributed by atoms with Crippen LogP contribution < -0.4 is 19.6 Å². The average molecular weight is 452 g/mol. The molecule has 0 radical (unpaired) electrons. The second kappa shape index (κ2) is 10.9. The fourth-order valence-corrected chi connectivity index (χ4v) is 2.92. The van der Waals surface area contributed by atoms with E-state index in [0.717, 1.165) is 5.56 Å². The standard InChI is InChI=1S/C24H24N2O7/c1-4-31-22-12-16(6-9-19(22)32-14-17-7-10-20(33-17)24(28)29)13-25-26-23(27)18-8-5-15(2)11-21(18)30-3/h5-13H,4,14H2,1-3H3,(H,26,27)(H,28,29). The molecule has 172 valence electrons. The zero-order valence-corrected chi connectivity index (χ0v) is 18.5. The van der Waals surface area contributed by atoms with Crippen molar-refractivity contribution < 1.29 is 33.3 Å². The van der Waals surface area contributed by atoms with Gasteiger partial charge < -0.3 is 23.7 Å². The molecule has 0 fully saturated rings. The van der Waals surface area contributed by atoms with Crippen molar-refractivity contribution in [1.29, 1.82) is 0 Å². The molecule has 0 bridgehead atoms. The molecule has 0 atom stereocenters. The number of ether oxygens (including phenoxy) is 3. The molecule has 0 saturated heterocycles. The van der Waals surface area contributed by atoms with Crippen molar-refractivity contribution in [3.8, 4) is 17.2 Å². The van der Waals surface area contributed by atoms with Crippen LogP contribution in [0.2, 0.25) is 0 Å². The Morgan fingerprint density at radius 1 is 1.06 bits per heavy atom. The molecule has 2 N–H and O–H groups in total. The molecule has 3 rings (SSSR count). The molecule has 9 nitrogen and oxygen atoms in total. The SMILES string of the molecule is CCOc1cc(C=NNC(=O)c2ccc(C)cc2OC)ccc1OCc1ccc(C(=O)O)o1. The Morgan fingerprint density at radius 3 is 2.58 bits per heavy atom. The summed E-state index contributed by atoms with van der Waals surface area (Å²) >= 11 is 0. The van der Waals surface area contributed by atoms with Gasteiger partial charge in [-0.1, -0.05) is 6.07 Å². The number of aryl methyl sites for hydroxylation is 1. The van der Waals surface area contributed by atoms with Crippen molar-refractivity contribution in [2.24, 2.45) is 5.10 Å². The van der Waals surface area contributed by atoms with E-state index < -0.39 is 11.9 Å². The Hall–Kier alpha value is -4.27. The number of carbonyl (C=O) groups excluding carboxylic acids is 1. The minimum absolute atomic E-state index is 0.0369. The predicted molar refractivity (Wildman–Crippen MR) is 120 cm³/mol. The normalized spacial score (nSPS) is 10.8. The fourth-order valence-electron chi connectivity index (χ4n) is 2.92. The van der Waals surface area contributed by atoms with Gasteiger partial charge in [-0.15, -0.1) is 0 Å². The number of furan rings is 1. The number of carboxylic acid groups (broad SMARTS) is 1. The molecular formula is C24H24N2O7. The van der Waals surface area contributed by atoms with Crippen molar-refractivity contribution in [2.75, 3.05) is 13.7 Å². The van der Waals surface area contributed by atoms with Gasteiger partial charge in [0.1, 0.15) is 18.1 Å². The molecule has 0 saturated carbocycles. The van der Waals surface area contributed by atoms with Crippen molar-refractivity contribution in [3.63, 3.8) is 0 Å². The molecule has 1 amide bonds. The number of hydrogen-bond acceptors (Lipinski definition) is 7. The second-order valence-corrected chi connectivity index (χ2v) is 6.90. The number of carboxylic acids is 1. The van der Waals surface area contributed by atoms with E-state index in [2.05, 4.69) is 10.5 Å². The number of nitrogens with zero attached hydrogens (tertiary/aromatic N) is 1. The minimum Gasteiger partial charge on any atom is -0.496 e. The van der Waals surface area contributed by atoms with E-state index in [-0.39, 0.29) is 12.4 Å². The van der Waals surface area contributed by atoms with Gasteiger partial charge in [0.05, 0.1) is 25.5 Å². The third kappa shape index (κ3) is 6.13. The van der Waals surface area contributed by atoms with Gasteiger partial charge in [-0.3, -0.25) is 4.79 Å². The van der Waals surface area contributed by atoms with Crippen LogP contribution in [0, 0.1) is 6.92 Å². The van der Waals surface area contributed by atoms with Crippen LogP contribution >= 0.6 is 0 Å². The lowest BCUT2D eigenvalue weighted by Gasteiger charge is -2.12. The first-order valence-electron chi connectivity index (χ1n) is 10.1. The van der Waals surface area contributed by atoms with E-state index in [1.165, 1.54) is 25.5 Å². The third-order valence-electron chi connectivity index (χ3n) is 4.49. The summed E-state index contributed by atoms with van der Waals surface area (Å²) in [5, 5.41) is 12.9. The summed E-state index contributed by atoms with van der Waals surface area (Å²) in [4.78, 5) is 23.3. The van der Waals surface area contributed by atoms with E-state index in [1.807, 2.05) is 19.9 Å². The van der Waals surface area contributed by atoms with Crippen molar-refractivity contribution in [2.45, 2.75) is 20.5 Å². The summed E-state index contributed by atoms with van der Waals surface area (Å²) < 4.78 is 21.8. The number of methoxy groups -OCH3 is 1. The van der Waals surface area contributed by atoms with Crippen LogP contribution in [0.3, 0.4) is 0 Å². The zero-order valence-electron chi connectivity index (χ0n) is 18.5. The van der Waals surface area contributed by atoms with E-state index in [9.17, 15) is 9.59 Å². The Bertz CT molecular complexity index is 1170. The minimum atomic E-state index is -1.15. The average Bonchev–Trinajstić information content (AvgIpc) is 3.28. The first-order chi connectivity index (χ1) is 15.9. The number of rotatable bonds is 10. The molecule has 0 unspecified atom stereocenters. The Labute approximate surface area is 190 Å². The van der Waals surface area contributed by atoms with Gasteiger partial charge in [-0.2, -0.15) is 5.10 Å². The number of amides is 1. The molecule has 33 heavy (non-hydrogen) atoms. The van der Waals surface area contributed by atoms with Gasteiger partial charge >= 0.3 is 5.97 Å². The largest absolute Gasteiger partial charge is 0.496 e.